The molecule has 0 heterocycles. The first-order chi connectivity index (χ1) is 8.54. The summed E-state index contributed by atoms with van der Waals surface area (Å²) in [6, 6.07) is 0. The van der Waals surface area contributed by atoms with E-state index in [-0.39, 0.29) is 0 Å². The molecule has 0 bridgehead atoms. The van der Waals surface area contributed by atoms with E-state index in [9.17, 15) is 0 Å². The summed E-state index contributed by atoms with van der Waals surface area (Å²) < 4.78 is 0.358. The fourth-order valence-corrected chi connectivity index (χ4v) is 9.80. The third-order valence-corrected chi connectivity index (χ3v) is 12.1. The van der Waals surface area contributed by atoms with Crippen molar-refractivity contribution in [2.75, 3.05) is 5.75 Å². The molecule has 0 radical (unpaired) electrons. The molecular weight excluding hydrogens is 252 g/mol. The van der Waals surface area contributed by atoms with E-state index in [1.165, 1.54) is 12.2 Å². The predicted molar refractivity (Wildman–Crippen MR) is 87.7 cm³/mol. The van der Waals surface area contributed by atoms with Crippen LogP contribution in [0.2, 0.25) is 13.1 Å². The number of rotatable bonds is 4. The molecule has 0 saturated heterocycles. The fourth-order valence-electron chi connectivity index (χ4n) is 3.24. The van der Waals surface area contributed by atoms with Gasteiger partial charge in [0.05, 0.1) is 0 Å². The van der Waals surface area contributed by atoms with E-state index in [2.05, 4.69) is 75.2 Å². The molecule has 0 aliphatic heterocycles. The topological polar surface area (TPSA) is 0 Å². The molecule has 0 amide bonds. The van der Waals surface area contributed by atoms with Crippen molar-refractivity contribution >= 4 is 19.8 Å². The molecule has 0 saturated carbocycles. The lowest BCUT2D eigenvalue weighted by Crippen LogP contribution is -2.54. The Morgan fingerprint density at radius 1 is 1.33 bits per heavy atom. The summed E-state index contributed by atoms with van der Waals surface area (Å²) in [5, 5.41) is 1.64. The summed E-state index contributed by atoms with van der Waals surface area (Å²) in [4.78, 5) is 0. The van der Waals surface area contributed by atoms with Gasteiger partial charge in [0.15, 0.2) is 0 Å². The van der Waals surface area contributed by atoms with Gasteiger partial charge >= 0.3 is 0 Å². The van der Waals surface area contributed by atoms with Crippen LogP contribution in [0.1, 0.15) is 26.7 Å². The molecule has 18 heavy (non-hydrogen) atoms. The number of thioether (sulfide) groups is 1. The van der Waals surface area contributed by atoms with Crippen molar-refractivity contribution in [2.24, 2.45) is 0 Å². The van der Waals surface area contributed by atoms with Gasteiger partial charge < -0.3 is 0 Å². The minimum Gasteiger partial charge on any atom is -0.154 e. The van der Waals surface area contributed by atoms with Gasteiger partial charge in [0.2, 0.25) is 0 Å². The molecule has 1 unspecified atom stereocenters. The Morgan fingerprint density at radius 2 is 2.11 bits per heavy atom. The standard InChI is InChI=1S/C16H24SSi/c1-5-17-16(13-9-8-10-14(16)2)18(3,4)15-11-6-7-12-15/h6,8-12H,5,7,13H2,1-4H3. The van der Waals surface area contributed by atoms with E-state index in [0.29, 0.717) is 4.37 Å². The molecule has 2 aliphatic rings. The second-order valence-corrected chi connectivity index (χ2v) is 12.3. The molecule has 0 nitrogen and oxygen atoms in total. The Balaban J connectivity index is 2.44. The van der Waals surface area contributed by atoms with Gasteiger partial charge in [0.1, 0.15) is 8.07 Å². The average molecular weight is 277 g/mol. The molecule has 0 fully saturated rings. The van der Waals surface area contributed by atoms with E-state index in [0.717, 1.165) is 6.42 Å². The third-order valence-electron chi connectivity index (χ3n) is 4.42. The zero-order valence-electron chi connectivity index (χ0n) is 12.0. The largest absolute Gasteiger partial charge is 0.154 e. The van der Waals surface area contributed by atoms with Crippen LogP contribution in [-0.4, -0.2) is 18.2 Å². The third kappa shape index (κ3) is 2.10. The number of hydrogen-bond donors (Lipinski definition) is 0. The number of hydrogen-bond acceptors (Lipinski definition) is 1. The van der Waals surface area contributed by atoms with Crippen LogP contribution in [0.15, 0.2) is 47.2 Å². The summed E-state index contributed by atoms with van der Waals surface area (Å²) in [7, 11) is -1.49. The zero-order valence-corrected chi connectivity index (χ0v) is 13.8. The first-order valence-electron chi connectivity index (χ1n) is 6.89. The Bertz CT molecular complexity index is 440. The highest BCUT2D eigenvalue weighted by atomic mass is 32.2. The summed E-state index contributed by atoms with van der Waals surface area (Å²) in [6.45, 7) is 9.73. The van der Waals surface area contributed by atoms with Crippen molar-refractivity contribution in [3.63, 3.8) is 0 Å². The summed E-state index contributed by atoms with van der Waals surface area (Å²) in [5.41, 5.74) is 1.58. The van der Waals surface area contributed by atoms with E-state index < -0.39 is 8.07 Å². The van der Waals surface area contributed by atoms with Crippen LogP contribution < -0.4 is 0 Å². The molecule has 2 heteroatoms. The van der Waals surface area contributed by atoms with E-state index in [1.54, 1.807) is 10.8 Å². The Hall–Kier alpha value is -0.473. The minimum absolute atomic E-state index is 0.358. The van der Waals surface area contributed by atoms with Gasteiger partial charge in [-0.1, -0.05) is 67.2 Å². The first-order valence-corrected chi connectivity index (χ1v) is 10.9. The minimum atomic E-state index is -1.49. The van der Waals surface area contributed by atoms with E-state index >= 15 is 0 Å². The highest BCUT2D eigenvalue weighted by Crippen LogP contribution is 2.49. The highest BCUT2D eigenvalue weighted by Gasteiger charge is 2.49. The molecule has 0 aromatic carbocycles. The van der Waals surface area contributed by atoms with E-state index in [1.807, 2.05) is 0 Å². The highest BCUT2D eigenvalue weighted by molar-refractivity contribution is 8.02. The van der Waals surface area contributed by atoms with Crippen LogP contribution in [0.5, 0.6) is 0 Å². The second-order valence-electron chi connectivity index (χ2n) is 5.66. The molecule has 0 aromatic rings. The zero-order chi connectivity index (χ0) is 13.2. The lowest BCUT2D eigenvalue weighted by atomic mass is 10.1. The molecule has 0 spiro atoms. The Labute approximate surface area is 117 Å². The average Bonchev–Trinajstić information content (AvgIpc) is 2.86. The molecule has 0 N–H and O–H groups in total. The van der Waals surface area contributed by atoms with E-state index in [4.69, 9.17) is 0 Å². The molecule has 2 aliphatic carbocycles. The lowest BCUT2D eigenvalue weighted by molar-refractivity contribution is 0.865. The normalized spacial score (nSPS) is 27.3. The van der Waals surface area contributed by atoms with Gasteiger partial charge in [0.25, 0.3) is 0 Å². The van der Waals surface area contributed by atoms with Crippen LogP contribution >= 0.6 is 11.8 Å². The molecule has 1 atom stereocenters. The van der Waals surface area contributed by atoms with Gasteiger partial charge in [-0.05, 0) is 25.5 Å². The SMILES string of the molecule is CCSC1([Si](C)(C)C2=CCC=C2)CC=CC=C1C. The molecule has 2 rings (SSSR count). The maximum atomic E-state index is 2.55. The van der Waals surface area contributed by atoms with Gasteiger partial charge in [0, 0.05) is 4.37 Å². The lowest BCUT2D eigenvalue weighted by Gasteiger charge is -2.47. The number of allylic oxidation sites excluding steroid dienone is 7. The second kappa shape index (κ2) is 5.26. The van der Waals surface area contributed by atoms with Crippen LogP contribution in [0.3, 0.4) is 0 Å². The summed E-state index contributed by atoms with van der Waals surface area (Å²) in [5.74, 6) is 1.20. The Morgan fingerprint density at radius 3 is 2.67 bits per heavy atom. The van der Waals surface area contributed by atoms with Crippen molar-refractivity contribution in [3.8, 4) is 0 Å². The first kappa shape index (κ1) is 13.9. The molecular formula is C16H24SSi. The van der Waals surface area contributed by atoms with Crippen LogP contribution in [-0.2, 0) is 0 Å². The van der Waals surface area contributed by atoms with Crippen molar-refractivity contribution in [2.45, 2.75) is 44.2 Å². The van der Waals surface area contributed by atoms with Gasteiger partial charge in [-0.2, -0.15) is 11.8 Å². The summed E-state index contributed by atoms with van der Waals surface area (Å²) in [6.07, 6.45) is 16.4. The van der Waals surface area contributed by atoms with Crippen molar-refractivity contribution in [1.29, 1.82) is 0 Å². The van der Waals surface area contributed by atoms with Gasteiger partial charge in [-0.3, -0.25) is 0 Å². The van der Waals surface area contributed by atoms with Crippen LogP contribution in [0.4, 0.5) is 0 Å². The van der Waals surface area contributed by atoms with Crippen molar-refractivity contribution < 1.29 is 0 Å². The Kier molecular flexibility index (Phi) is 4.07. The van der Waals surface area contributed by atoms with Crippen molar-refractivity contribution in [3.05, 3.63) is 47.2 Å². The smallest absolute Gasteiger partial charge is 0.103 e. The van der Waals surface area contributed by atoms with Crippen LogP contribution in [0.25, 0.3) is 0 Å². The fraction of sp³-hybridized carbons (Fsp3) is 0.500. The quantitative estimate of drug-likeness (QED) is 0.647. The maximum Gasteiger partial charge on any atom is 0.103 e. The molecule has 0 aromatic heterocycles. The molecule has 98 valence electrons. The van der Waals surface area contributed by atoms with Gasteiger partial charge in [-0.25, -0.2) is 0 Å². The summed E-state index contributed by atoms with van der Waals surface area (Å²) >= 11 is 2.17. The maximum absolute atomic E-state index is 2.55. The van der Waals surface area contributed by atoms with Crippen LogP contribution in [0, 0.1) is 0 Å². The van der Waals surface area contributed by atoms with Crippen molar-refractivity contribution in [1.82, 2.24) is 0 Å². The van der Waals surface area contributed by atoms with Gasteiger partial charge in [-0.15, -0.1) is 0 Å². The monoisotopic (exact) mass is 276 g/mol. The predicted octanol–water partition coefficient (Wildman–Crippen LogP) is 5.06.